The standard InChI is InChI=1S/C17H21N3.C13H22/c1-3-13(2)15-8-7-14-5-4-6-16(17(14)19-15)20-11-9-18-10-12-20;1-5-7-8-10-13(9-6-2)11-12(3)4/h3-8,18H,9-12H2,1-2H3;6,9,11H,3,5,7-8,10H2,1-2,4H3/b13-3+;9-6-,13-11+. The third kappa shape index (κ3) is 8.66. The summed E-state index contributed by atoms with van der Waals surface area (Å²) in [6.45, 7) is 18.6. The highest BCUT2D eigenvalue weighted by atomic mass is 15.2. The van der Waals surface area contributed by atoms with Gasteiger partial charge in [0.2, 0.25) is 0 Å². The zero-order valence-electron chi connectivity index (χ0n) is 21.5. The van der Waals surface area contributed by atoms with Crippen LogP contribution in [0.4, 0.5) is 5.69 Å². The topological polar surface area (TPSA) is 28.2 Å². The van der Waals surface area contributed by atoms with Gasteiger partial charge in [-0.2, -0.15) is 0 Å². The fourth-order valence-electron chi connectivity index (χ4n) is 3.97. The van der Waals surface area contributed by atoms with Crippen LogP contribution in [-0.2, 0) is 0 Å². The summed E-state index contributed by atoms with van der Waals surface area (Å²) in [6.07, 6.45) is 13.7. The molecule has 178 valence electrons. The summed E-state index contributed by atoms with van der Waals surface area (Å²) in [5.74, 6) is 0. The second kappa shape index (κ2) is 14.5. The molecule has 2 heterocycles. The van der Waals surface area contributed by atoms with Crippen LogP contribution in [0.5, 0.6) is 0 Å². The van der Waals surface area contributed by atoms with Crippen LogP contribution < -0.4 is 10.2 Å². The molecule has 0 atom stereocenters. The van der Waals surface area contributed by atoms with Crippen molar-refractivity contribution in [2.45, 2.75) is 60.3 Å². The van der Waals surface area contributed by atoms with E-state index in [2.05, 4.69) is 99.1 Å². The molecule has 3 nitrogen and oxygen atoms in total. The van der Waals surface area contributed by atoms with Gasteiger partial charge in [0.25, 0.3) is 0 Å². The van der Waals surface area contributed by atoms with Crippen molar-refractivity contribution in [2.75, 3.05) is 31.1 Å². The van der Waals surface area contributed by atoms with Crippen molar-refractivity contribution in [3.05, 3.63) is 78.1 Å². The largest absolute Gasteiger partial charge is 0.367 e. The smallest absolute Gasteiger partial charge is 0.0942 e. The molecule has 33 heavy (non-hydrogen) atoms. The van der Waals surface area contributed by atoms with Crippen LogP contribution in [0.1, 0.15) is 66.0 Å². The van der Waals surface area contributed by atoms with Crippen LogP contribution in [0.2, 0.25) is 0 Å². The lowest BCUT2D eigenvalue weighted by Gasteiger charge is -2.30. The Morgan fingerprint density at radius 1 is 1.09 bits per heavy atom. The number of rotatable bonds is 8. The van der Waals surface area contributed by atoms with Crippen LogP contribution in [0.15, 0.2) is 72.4 Å². The van der Waals surface area contributed by atoms with Crippen molar-refractivity contribution in [1.29, 1.82) is 0 Å². The Bertz CT molecular complexity index is 975. The van der Waals surface area contributed by atoms with Gasteiger partial charge in [0.05, 0.1) is 16.9 Å². The predicted octanol–water partition coefficient (Wildman–Crippen LogP) is 7.71. The fourth-order valence-corrected chi connectivity index (χ4v) is 3.97. The molecule has 1 saturated heterocycles. The maximum atomic E-state index is 4.89. The average Bonchev–Trinajstić information content (AvgIpc) is 2.83. The van der Waals surface area contributed by atoms with Crippen molar-refractivity contribution >= 4 is 22.2 Å². The summed E-state index contributed by atoms with van der Waals surface area (Å²) in [7, 11) is 0. The molecule has 1 N–H and O–H groups in total. The molecule has 1 aliphatic rings. The lowest BCUT2D eigenvalue weighted by Crippen LogP contribution is -2.43. The highest BCUT2D eigenvalue weighted by Gasteiger charge is 2.14. The van der Waals surface area contributed by atoms with Crippen LogP contribution in [0.3, 0.4) is 0 Å². The zero-order chi connectivity index (χ0) is 24.1. The minimum absolute atomic E-state index is 1.05. The first-order chi connectivity index (χ1) is 16.0. The number of hydrogen-bond donors (Lipinski definition) is 1. The normalized spacial score (nSPS) is 15.0. The summed E-state index contributed by atoms with van der Waals surface area (Å²) in [6, 6.07) is 10.7. The minimum Gasteiger partial charge on any atom is -0.367 e. The van der Waals surface area contributed by atoms with Gasteiger partial charge in [0.15, 0.2) is 0 Å². The summed E-state index contributed by atoms with van der Waals surface area (Å²) in [4.78, 5) is 7.32. The minimum atomic E-state index is 1.05. The molecular weight excluding hydrogens is 402 g/mol. The molecule has 2 aromatic rings. The lowest BCUT2D eigenvalue weighted by atomic mass is 10.1. The van der Waals surface area contributed by atoms with Crippen LogP contribution in [0.25, 0.3) is 16.5 Å². The second-order valence-electron chi connectivity index (χ2n) is 8.78. The van der Waals surface area contributed by atoms with E-state index in [1.165, 1.54) is 47.9 Å². The Balaban J connectivity index is 0.000000260. The molecule has 1 aromatic heterocycles. The van der Waals surface area contributed by atoms with Crippen LogP contribution in [0, 0.1) is 0 Å². The molecule has 1 aromatic carbocycles. The number of nitrogens with zero attached hydrogens (tertiary/aromatic N) is 2. The first-order valence-electron chi connectivity index (χ1n) is 12.5. The highest BCUT2D eigenvalue weighted by molar-refractivity contribution is 5.92. The van der Waals surface area contributed by atoms with Gasteiger partial charge in [0.1, 0.15) is 0 Å². The number of nitrogens with one attached hydrogen (secondary N) is 1. The van der Waals surface area contributed by atoms with Gasteiger partial charge in [0, 0.05) is 31.6 Å². The number of piperazine rings is 1. The van der Waals surface area contributed by atoms with Gasteiger partial charge in [-0.1, -0.05) is 74.4 Å². The van der Waals surface area contributed by atoms with Crippen molar-refractivity contribution in [1.82, 2.24) is 10.3 Å². The van der Waals surface area contributed by atoms with E-state index >= 15 is 0 Å². The molecule has 3 rings (SSSR count). The third-order valence-corrected chi connectivity index (χ3v) is 5.88. The fraction of sp³-hybridized carbons (Fsp3) is 0.433. The van der Waals surface area contributed by atoms with E-state index in [1.807, 2.05) is 6.92 Å². The number of aromatic nitrogens is 1. The van der Waals surface area contributed by atoms with Gasteiger partial charge >= 0.3 is 0 Å². The Labute approximate surface area is 202 Å². The monoisotopic (exact) mass is 445 g/mol. The van der Waals surface area contributed by atoms with E-state index in [0.717, 1.165) is 43.0 Å². The number of para-hydroxylation sites is 1. The van der Waals surface area contributed by atoms with E-state index in [9.17, 15) is 0 Å². The molecular formula is C30H43N3. The zero-order valence-corrected chi connectivity index (χ0v) is 21.5. The van der Waals surface area contributed by atoms with Crippen LogP contribution >= 0.6 is 0 Å². The Morgan fingerprint density at radius 2 is 1.85 bits per heavy atom. The molecule has 0 unspecified atom stereocenters. The highest BCUT2D eigenvalue weighted by Crippen LogP contribution is 2.27. The van der Waals surface area contributed by atoms with E-state index < -0.39 is 0 Å². The number of anilines is 1. The van der Waals surface area contributed by atoms with Crippen molar-refractivity contribution < 1.29 is 0 Å². The molecule has 3 heteroatoms. The summed E-state index contributed by atoms with van der Waals surface area (Å²) in [5.41, 5.74) is 7.22. The van der Waals surface area contributed by atoms with Crippen molar-refractivity contribution in [3.8, 4) is 0 Å². The van der Waals surface area contributed by atoms with E-state index in [1.54, 1.807) is 0 Å². The number of hydrogen-bond acceptors (Lipinski definition) is 3. The average molecular weight is 446 g/mol. The van der Waals surface area contributed by atoms with E-state index in [0.29, 0.717) is 0 Å². The number of unbranched alkanes of at least 4 members (excludes halogenated alkanes) is 2. The number of fused-ring (bicyclic) bond motifs is 1. The van der Waals surface area contributed by atoms with Crippen molar-refractivity contribution in [2.24, 2.45) is 0 Å². The Morgan fingerprint density at radius 3 is 2.48 bits per heavy atom. The van der Waals surface area contributed by atoms with Crippen molar-refractivity contribution in [3.63, 3.8) is 0 Å². The predicted molar refractivity (Wildman–Crippen MR) is 148 cm³/mol. The second-order valence-corrected chi connectivity index (χ2v) is 8.78. The first kappa shape index (κ1) is 26.6. The molecule has 1 aliphatic heterocycles. The molecule has 0 radical (unpaired) electrons. The maximum absolute atomic E-state index is 4.89. The maximum Gasteiger partial charge on any atom is 0.0942 e. The first-order valence-corrected chi connectivity index (χ1v) is 12.5. The van der Waals surface area contributed by atoms with E-state index in [-0.39, 0.29) is 0 Å². The number of allylic oxidation sites excluding steroid dienone is 7. The number of pyridine rings is 1. The third-order valence-electron chi connectivity index (χ3n) is 5.88. The quantitative estimate of drug-likeness (QED) is 0.333. The van der Waals surface area contributed by atoms with Gasteiger partial charge in [-0.15, -0.1) is 0 Å². The summed E-state index contributed by atoms with van der Waals surface area (Å²) in [5, 5.41) is 4.62. The van der Waals surface area contributed by atoms with E-state index in [4.69, 9.17) is 4.98 Å². The van der Waals surface area contributed by atoms with Gasteiger partial charge < -0.3 is 10.2 Å². The SMILES string of the molecule is C/C=C(\C)c1ccc2cccc(N3CCNCC3)c2n1.C=C(C)/C=C(\C=C/C)CCCCC. The van der Waals surface area contributed by atoms with Crippen LogP contribution in [-0.4, -0.2) is 31.2 Å². The summed E-state index contributed by atoms with van der Waals surface area (Å²) < 4.78 is 0. The molecule has 1 fully saturated rings. The molecule has 0 bridgehead atoms. The molecule has 0 amide bonds. The van der Waals surface area contributed by atoms with Gasteiger partial charge in [-0.3, -0.25) is 0 Å². The summed E-state index contributed by atoms with van der Waals surface area (Å²) >= 11 is 0. The molecule has 0 aliphatic carbocycles. The Hall–Kier alpha value is -2.65. The molecule has 0 saturated carbocycles. The molecule has 0 spiro atoms. The Kier molecular flexibility index (Phi) is 11.7. The van der Waals surface area contributed by atoms with Gasteiger partial charge in [-0.25, -0.2) is 4.98 Å². The van der Waals surface area contributed by atoms with Gasteiger partial charge in [-0.05, 0) is 63.8 Å². The number of benzene rings is 1. The lowest BCUT2D eigenvalue weighted by molar-refractivity contribution is 0.590.